The summed E-state index contributed by atoms with van der Waals surface area (Å²) in [6, 6.07) is 4.86. The van der Waals surface area contributed by atoms with Gasteiger partial charge in [-0.1, -0.05) is 13.8 Å². The molecular formula is C14H21N5O2. The van der Waals surface area contributed by atoms with Gasteiger partial charge in [0.25, 0.3) is 5.69 Å². The Kier molecular flexibility index (Phi) is 4.74. The van der Waals surface area contributed by atoms with Gasteiger partial charge in [0.2, 0.25) is 5.95 Å². The molecule has 114 valence electrons. The molecule has 0 aliphatic carbocycles. The van der Waals surface area contributed by atoms with Crippen LogP contribution in [0.1, 0.15) is 20.8 Å². The number of hydrogen-bond donors (Lipinski definition) is 2. The molecule has 7 heteroatoms. The summed E-state index contributed by atoms with van der Waals surface area (Å²) < 4.78 is 0. The Hall–Kier alpha value is -2.15. The highest BCUT2D eigenvalue weighted by Crippen LogP contribution is 2.20. The highest BCUT2D eigenvalue weighted by Gasteiger charge is 2.12. The van der Waals surface area contributed by atoms with E-state index in [1.807, 2.05) is 0 Å². The van der Waals surface area contributed by atoms with Gasteiger partial charge in [-0.3, -0.25) is 10.1 Å². The van der Waals surface area contributed by atoms with Gasteiger partial charge in [0, 0.05) is 24.7 Å². The minimum atomic E-state index is -0.406. The third-order valence-electron chi connectivity index (χ3n) is 3.49. The number of hydrogen-bond acceptors (Lipinski definition) is 5. The molecule has 1 unspecified atom stereocenters. The molecule has 2 rings (SSSR count). The van der Waals surface area contributed by atoms with Crippen molar-refractivity contribution < 1.29 is 4.92 Å². The molecule has 0 saturated heterocycles. The van der Waals surface area contributed by atoms with E-state index in [1.165, 1.54) is 12.1 Å². The minimum absolute atomic E-state index is 0.0638. The van der Waals surface area contributed by atoms with E-state index in [-0.39, 0.29) is 11.7 Å². The van der Waals surface area contributed by atoms with Crippen molar-refractivity contribution in [2.45, 2.75) is 26.8 Å². The SMILES string of the molecule is CCN(CC)CC(C)Nc1nc2ccc([N+](=O)[O-])cc2[nH]1. The van der Waals surface area contributed by atoms with E-state index in [0.717, 1.165) is 25.2 Å². The lowest BCUT2D eigenvalue weighted by atomic mass is 10.3. The second kappa shape index (κ2) is 6.53. The standard InChI is InChI=1S/C14H21N5O2/c1-4-18(5-2)9-10(3)15-14-16-12-7-6-11(19(20)21)8-13(12)17-14/h6-8,10H,4-5,9H2,1-3H3,(H2,15,16,17). The number of likely N-dealkylation sites (N-methyl/N-ethyl adjacent to an activating group) is 1. The van der Waals surface area contributed by atoms with Gasteiger partial charge in [0.05, 0.1) is 16.0 Å². The van der Waals surface area contributed by atoms with Crippen LogP contribution in [0.2, 0.25) is 0 Å². The number of nitrogens with one attached hydrogen (secondary N) is 2. The average molecular weight is 291 g/mol. The van der Waals surface area contributed by atoms with Crippen LogP contribution in [0.3, 0.4) is 0 Å². The van der Waals surface area contributed by atoms with Crippen LogP contribution in [0.5, 0.6) is 0 Å². The number of non-ortho nitro benzene ring substituents is 1. The van der Waals surface area contributed by atoms with Crippen LogP contribution in [-0.2, 0) is 0 Å². The van der Waals surface area contributed by atoms with Gasteiger partial charge in [-0.25, -0.2) is 4.98 Å². The summed E-state index contributed by atoms with van der Waals surface area (Å²) in [6.07, 6.45) is 0. The van der Waals surface area contributed by atoms with E-state index in [0.29, 0.717) is 11.5 Å². The van der Waals surface area contributed by atoms with E-state index < -0.39 is 4.92 Å². The lowest BCUT2D eigenvalue weighted by Gasteiger charge is -2.23. The van der Waals surface area contributed by atoms with Crippen molar-refractivity contribution >= 4 is 22.7 Å². The molecule has 1 aromatic heterocycles. The summed E-state index contributed by atoms with van der Waals surface area (Å²) in [4.78, 5) is 20.2. The Balaban J connectivity index is 2.10. The van der Waals surface area contributed by atoms with Crippen LogP contribution in [-0.4, -0.2) is 45.5 Å². The normalized spacial score (nSPS) is 12.8. The summed E-state index contributed by atoms with van der Waals surface area (Å²) in [6.45, 7) is 9.30. The van der Waals surface area contributed by atoms with Gasteiger partial charge < -0.3 is 15.2 Å². The summed E-state index contributed by atoms with van der Waals surface area (Å²) >= 11 is 0. The summed E-state index contributed by atoms with van der Waals surface area (Å²) in [5.41, 5.74) is 1.45. The number of anilines is 1. The van der Waals surface area contributed by atoms with Crippen molar-refractivity contribution in [3.63, 3.8) is 0 Å². The highest BCUT2D eigenvalue weighted by atomic mass is 16.6. The Bertz CT molecular complexity index is 621. The van der Waals surface area contributed by atoms with Crippen molar-refractivity contribution in [3.8, 4) is 0 Å². The van der Waals surface area contributed by atoms with E-state index >= 15 is 0 Å². The van der Waals surface area contributed by atoms with Gasteiger partial charge in [-0.05, 0) is 26.1 Å². The molecule has 1 atom stereocenters. The third kappa shape index (κ3) is 3.69. The summed E-state index contributed by atoms with van der Waals surface area (Å²) in [5.74, 6) is 0.644. The smallest absolute Gasteiger partial charge is 0.271 e. The third-order valence-corrected chi connectivity index (χ3v) is 3.49. The predicted molar refractivity (Wildman–Crippen MR) is 83.6 cm³/mol. The van der Waals surface area contributed by atoms with Crippen LogP contribution in [0.4, 0.5) is 11.6 Å². The lowest BCUT2D eigenvalue weighted by Crippen LogP contribution is -2.34. The van der Waals surface area contributed by atoms with E-state index in [4.69, 9.17) is 0 Å². The second-order valence-corrected chi connectivity index (χ2v) is 5.08. The first-order valence-electron chi connectivity index (χ1n) is 7.16. The van der Waals surface area contributed by atoms with Gasteiger partial charge in [-0.15, -0.1) is 0 Å². The first-order chi connectivity index (χ1) is 10.0. The Morgan fingerprint density at radius 3 is 2.76 bits per heavy atom. The molecule has 0 amide bonds. The molecule has 0 spiro atoms. The number of benzene rings is 1. The number of nitro benzene ring substituents is 1. The number of nitro groups is 1. The van der Waals surface area contributed by atoms with Gasteiger partial charge >= 0.3 is 0 Å². The summed E-state index contributed by atoms with van der Waals surface area (Å²) in [5, 5.41) is 14.1. The van der Waals surface area contributed by atoms with Gasteiger partial charge in [0.15, 0.2) is 0 Å². The van der Waals surface area contributed by atoms with E-state index in [9.17, 15) is 10.1 Å². The maximum Gasteiger partial charge on any atom is 0.271 e. The van der Waals surface area contributed by atoms with Crippen molar-refractivity contribution in [2.75, 3.05) is 25.0 Å². The number of aromatic amines is 1. The molecule has 2 N–H and O–H groups in total. The van der Waals surface area contributed by atoms with Crippen molar-refractivity contribution in [1.29, 1.82) is 0 Å². The quantitative estimate of drug-likeness (QED) is 0.605. The van der Waals surface area contributed by atoms with E-state index in [1.54, 1.807) is 6.07 Å². The topological polar surface area (TPSA) is 87.1 Å². The molecule has 1 heterocycles. The zero-order valence-electron chi connectivity index (χ0n) is 12.6. The number of H-pyrrole nitrogens is 1. The van der Waals surface area contributed by atoms with Crippen LogP contribution in [0, 0.1) is 10.1 Å². The zero-order chi connectivity index (χ0) is 15.4. The molecule has 7 nitrogen and oxygen atoms in total. The number of fused-ring (bicyclic) bond motifs is 1. The average Bonchev–Trinajstić information content (AvgIpc) is 2.85. The monoisotopic (exact) mass is 291 g/mol. The van der Waals surface area contributed by atoms with Crippen molar-refractivity contribution in [1.82, 2.24) is 14.9 Å². The molecular weight excluding hydrogens is 270 g/mol. The van der Waals surface area contributed by atoms with E-state index in [2.05, 4.69) is 41.0 Å². The number of imidazole rings is 1. The Morgan fingerprint density at radius 2 is 2.14 bits per heavy atom. The first kappa shape index (κ1) is 15.2. The van der Waals surface area contributed by atoms with Crippen molar-refractivity contribution in [2.24, 2.45) is 0 Å². The molecule has 0 aliphatic rings. The molecule has 2 aromatic rings. The van der Waals surface area contributed by atoms with Crippen LogP contribution < -0.4 is 5.32 Å². The Morgan fingerprint density at radius 1 is 1.43 bits per heavy atom. The maximum absolute atomic E-state index is 10.8. The van der Waals surface area contributed by atoms with Gasteiger partial charge in [0.1, 0.15) is 0 Å². The second-order valence-electron chi connectivity index (χ2n) is 5.08. The molecule has 0 radical (unpaired) electrons. The maximum atomic E-state index is 10.8. The number of rotatable bonds is 7. The fourth-order valence-electron chi connectivity index (χ4n) is 2.33. The van der Waals surface area contributed by atoms with Crippen LogP contribution >= 0.6 is 0 Å². The molecule has 0 bridgehead atoms. The molecule has 0 fully saturated rings. The fourth-order valence-corrected chi connectivity index (χ4v) is 2.33. The lowest BCUT2D eigenvalue weighted by molar-refractivity contribution is -0.384. The zero-order valence-corrected chi connectivity index (χ0v) is 12.6. The molecule has 1 aromatic carbocycles. The Labute approximate surface area is 123 Å². The minimum Gasteiger partial charge on any atom is -0.352 e. The van der Waals surface area contributed by atoms with Gasteiger partial charge in [-0.2, -0.15) is 0 Å². The highest BCUT2D eigenvalue weighted by molar-refractivity contribution is 5.79. The van der Waals surface area contributed by atoms with Crippen molar-refractivity contribution in [3.05, 3.63) is 28.3 Å². The van der Waals surface area contributed by atoms with Crippen LogP contribution in [0.25, 0.3) is 11.0 Å². The predicted octanol–water partition coefficient (Wildman–Crippen LogP) is 2.61. The largest absolute Gasteiger partial charge is 0.352 e. The number of aromatic nitrogens is 2. The number of nitrogens with zero attached hydrogens (tertiary/aromatic N) is 3. The fraction of sp³-hybridized carbons (Fsp3) is 0.500. The molecule has 0 saturated carbocycles. The molecule has 0 aliphatic heterocycles. The summed E-state index contributed by atoms with van der Waals surface area (Å²) in [7, 11) is 0. The first-order valence-corrected chi connectivity index (χ1v) is 7.16. The van der Waals surface area contributed by atoms with Crippen LogP contribution in [0.15, 0.2) is 18.2 Å². The molecule has 21 heavy (non-hydrogen) atoms.